The summed E-state index contributed by atoms with van der Waals surface area (Å²) in [6.07, 6.45) is 2.24. The largest absolute Gasteiger partial charge is 0.426 e. The first kappa shape index (κ1) is 14.6. The zero-order valence-electron chi connectivity index (χ0n) is 12.4. The van der Waals surface area contributed by atoms with Crippen molar-refractivity contribution in [3.8, 4) is 11.7 Å². The zero-order valence-corrected chi connectivity index (χ0v) is 13.2. The maximum Gasteiger partial charge on any atom is 0.291 e. The summed E-state index contributed by atoms with van der Waals surface area (Å²) in [7, 11) is 0. The van der Waals surface area contributed by atoms with E-state index in [-0.39, 0.29) is 17.2 Å². The lowest BCUT2D eigenvalue weighted by Gasteiger charge is -2.24. The second-order valence-corrected chi connectivity index (χ2v) is 6.49. The summed E-state index contributed by atoms with van der Waals surface area (Å²) in [4.78, 5) is 12.3. The fraction of sp³-hybridized carbons (Fsp3) is 0.353. The Morgan fingerprint density at radius 1 is 1.22 bits per heavy atom. The number of piperidine rings is 1. The molecule has 0 spiro atoms. The predicted molar refractivity (Wildman–Crippen MR) is 86.0 cm³/mol. The minimum absolute atomic E-state index is 0.0445. The average molecular weight is 333 g/mol. The number of carbonyl (C=O) groups is 1. The van der Waals surface area contributed by atoms with Crippen LogP contribution in [0.2, 0.25) is 5.22 Å². The Morgan fingerprint density at radius 2 is 2.04 bits per heavy atom. The lowest BCUT2D eigenvalue weighted by atomic mass is 10.1. The number of amides is 1. The SMILES string of the molecule is O=C(NC1CC2CNC1C2)c1ccc(Oc2ccc(Cl)o2)cc1. The number of carbonyl (C=O) groups excluding carboxylic acids is 1. The van der Waals surface area contributed by atoms with E-state index in [2.05, 4.69) is 10.6 Å². The molecule has 6 heteroatoms. The maximum atomic E-state index is 12.3. The van der Waals surface area contributed by atoms with E-state index in [1.165, 1.54) is 6.42 Å². The third-order valence-corrected chi connectivity index (χ3v) is 4.73. The summed E-state index contributed by atoms with van der Waals surface area (Å²) in [5.74, 6) is 1.58. The second-order valence-electron chi connectivity index (χ2n) is 6.12. The average Bonchev–Trinajstić information content (AvgIpc) is 3.25. The molecule has 2 N–H and O–H groups in total. The Kier molecular flexibility index (Phi) is 3.75. The van der Waals surface area contributed by atoms with Gasteiger partial charge in [-0.1, -0.05) is 0 Å². The van der Waals surface area contributed by atoms with Gasteiger partial charge in [0.25, 0.3) is 11.9 Å². The minimum atomic E-state index is -0.0445. The number of furan rings is 1. The van der Waals surface area contributed by atoms with Gasteiger partial charge in [0.05, 0.1) is 0 Å². The van der Waals surface area contributed by atoms with Crippen LogP contribution in [0, 0.1) is 5.92 Å². The quantitative estimate of drug-likeness (QED) is 0.902. The van der Waals surface area contributed by atoms with Crippen molar-refractivity contribution in [1.82, 2.24) is 10.6 Å². The molecule has 2 bridgehead atoms. The van der Waals surface area contributed by atoms with Gasteiger partial charge in [-0.25, -0.2) is 0 Å². The van der Waals surface area contributed by atoms with Gasteiger partial charge in [0.2, 0.25) is 0 Å². The van der Waals surface area contributed by atoms with Crippen LogP contribution in [0.3, 0.4) is 0 Å². The third kappa shape index (κ3) is 3.07. The highest BCUT2D eigenvalue weighted by Crippen LogP contribution is 2.31. The van der Waals surface area contributed by atoms with Gasteiger partial charge >= 0.3 is 0 Å². The maximum absolute atomic E-state index is 12.3. The monoisotopic (exact) mass is 332 g/mol. The predicted octanol–water partition coefficient (Wildman–Crippen LogP) is 3.21. The molecule has 1 saturated carbocycles. The van der Waals surface area contributed by atoms with E-state index in [1.54, 1.807) is 36.4 Å². The number of rotatable bonds is 4. The number of hydrogen-bond donors (Lipinski definition) is 2. The first-order valence-corrected chi connectivity index (χ1v) is 8.13. The van der Waals surface area contributed by atoms with E-state index in [1.807, 2.05) is 0 Å². The van der Waals surface area contributed by atoms with Crippen molar-refractivity contribution >= 4 is 17.5 Å². The van der Waals surface area contributed by atoms with Crippen LogP contribution in [0.1, 0.15) is 23.2 Å². The van der Waals surface area contributed by atoms with Crippen LogP contribution < -0.4 is 15.4 Å². The Labute approximate surface area is 139 Å². The summed E-state index contributed by atoms with van der Waals surface area (Å²) in [5, 5.41) is 6.84. The minimum Gasteiger partial charge on any atom is -0.426 e. The van der Waals surface area contributed by atoms with Gasteiger partial charge in [-0.05, 0) is 61.2 Å². The van der Waals surface area contributed by atoms with Crippen LogP contribution in [0.25, 0.3) is 0 Å². The number of hydrogen-bond acceptors (Lipinski definition) is 4. The highest BCUT2D eigenvalue weighted by atomic mass is 35.5. The first-order chi connectivity index (χ1) is 11.2. The Balaban J connectivity index is 1.38. The molecule has 2 aliphatic rings. The molecule has 1 aliphatic carbocycles. The lowest BCUT2D eigenvalue weighted by molar-refractivity contribution is 0.0928. The molecule has 1 saturated heterocycles. The normalized spacial score (nSPS) is 25.5. The van der Waals surface area contributed by atoms with Gasteiger partial charge < -0.3 is 19.8 Å². The molecule has 5 nitrogen and oxygen atoms in total. The molecular weight excluding hydrogens is 316 g/mol. The molecule has 3 atom stereocenters. The Bertz CT molecular complexity index is 713. The van der Waals surface area contributed by atoms with E-state index >= 15 is 0 Å². The van der Waals surface area contributed by atoms with Gasteiger partial charge in [-0.2, -0.15) is 0 Å². The molecule has 1 aromatic carbocycles. The molecule has 23 heavy (non-hydrogen) atoms. The molecule has 0 radical (unpaired) electrons. The fourth-order valence-corrected chi connectivity index (χ4v) is 3.55. The van der Waals surface area contributed by atoms with E-state index in [9.17, 15) is 4.79 Å². The lowest BCUT2D eigenvalue weighted by Crippen LogP contribution is -2.47. The highest BCUT2D eigenvalue weighted by Gasteiger charge is 2.39. The number of ether oxygens (including phenoxy) is 1. The molecular formula is C17H17ClN2O3. The fourth-order valence-electron chi connectivity index (χ4n) is 3.41. The van der Waals surface area contributed by atoms with E-state index in [0.29, 0.717) is 29.2 Å². The van der Waals surface area contributed by atoms with Gasteiger partial charge in [0.1, 0.15) is 5.75 Å². The van der Waals surface area contributed by atoms with Crippen LogP contribution in [0.4, 0.5) is 0 Å². The third-order valence-electron chi connectivity index (χ3n) is 4.53. The summed E-state index contributed by atoms with van der Waals surface area (Å²) < 4.78 is 10.7. The van der Waals surface area contributed by atoms with Crippen LogP contribution in [0.5, 0.6) is 11.7 Å². The Morgan fingerprint density at radius 3 is 2.65 bits per heavy atom. The number of nitrogens with one attached hydrogen (secondary N) is 2. The Hall–Kier alpha value is -1.98. The first-order valence-electron chi connectivity index (χ1n) is 7.75. The van der Waals surface area contributed by atoms with Crippen molar-refractivity contribution in [2.75, 3.05) is 6.54 Å². The molecule has 1 amide bonds. The van der Waals surface area contributed by atoms with Crippen LogP contribution in [-0.4, -0.2) is 24.5 Å². The summed E-state index contributed by atoms with van der Waals surface area (Å²) >= 11 is 5.70. The molecule has 1 aromatic heterocycles. The number of halogens is 1. The van der Waals surface area contributed by atoms with E-state index < -0.39 is 0 Å². The van der Waals surface area contributed by atoms with E-state index in [0.717, 1.165) is 13.0 Å². The molecule has 1 aliphatic heterocycles. The topological polar surface area (TPSA) is 63.5 Å². The van der Waals surface area contributed by atoms with Gasteiger partial charge in [-0.15, -0.1) is 0 Å². The van der Waals surface area contributed by atoms with Gasteiger partial charge in [-0.3, -0.25) is 4.79 Å². The van der Waals surface area contributed by atoms with Crippen molar-refractivity contribution < 1.29 is 13.9 Å². The van der Waals surface area contributed by atoms with E-state index in [4.69, 9.17) is 20.8 Å². The number of benzene rings is 1. The molecule has 2 fully saturated rings. The van der Waals surface area contributed by atoms with Crippen molar-refractivity contribution in [2.24, 2.45) is 5.92 Å². The standard InChI is InChI=1S/C17H17ClN2O3/c18-15-5-6-16(23-15)22-12-3-1-11(2-4-12)17(21)20-14-8-10-7-13(14)19-9-10/h1-6,10,13-14,19H,7-9H2,(H,20,21). The van der Waals surface area contributed by atoms with Gasteiger partial charge in [0, 0.05) is 29.8 Å². The molecule has 4 rings (SSSR count). The molecule has 2 aromatic rings. The van der Waals surface area contributed by atoms with Gasteiger partial charge in [0.15, 0.2) is 5.22 Å². The molecule has 2 heterocycles. The summed E-state index contributed by atoms with van der Waals surface area (Å²) in [6.45, 7) is 1.08. The summed E-state index contributed by atoms with van der Waals surface area (Å²) in [5.41, 5.74) is 0.623. The van der Waals surface area contributed by atoms with Crippen LogP contribution in [0.15, 0.2) is 40.8 Å². The number of fused-ring (bicyclic) bond motifs is 2. The van der Waals surface area contributed by atoms with Crippen LogP contribution >= 0.6 is 11.6 Å². The van der Waals surface area contributed by atoms with Crippen molar-refractivity contribution in [3.63, 3.8) is 0 Å². The molecule has 120 valence electrons. The summed E-state index contributed by atoms with van der Waals surface area (Å²) in [6, 6.07) is 10.9. The highest BCUT2D eigenvalue weighted by molar-refractivity contribution is 6.28. The van der Waals surface area contributed by atoms with Crippen LogP contribution in [-0.2, 0) is 0 Å². The smallest absolute Gasteiger partial charge is 0.291 e. The van der Waals surface area contributed by atoms with Crippen molar-refractivity contribution in [3.05, 3.63) is 47.2 Å². The van der Waals surface area contributed by atoms with Crippen molar-refractivity contribution in [1.29, 1.82) is 0 Å². The zero-order chi connectivity index (χ0) is 15.8. The second kappa shape index (κ2) is 5.91. The molecule has 3 unspecified atom stereocenters. The van der Waals surface area contributed by atoms with Crippen molar-refractivity contribution in [2.45, 2.75) is 24.9 Å².